The molecule has 0 aliphatic carbocycles. The van der Waals surface area contributed by atoms with Crippen LogP contribution in [0.3, 0.4) is 0 Å². The van der Waals surface area contributed by atoms with Gasteiger partial charge in [-0.05, 0) is 37.8 Å². The van der Waals surface area contributed by atoms with Crippen LogP contribution in [-0.2, 0) is 0 Å². The largest absolute Gasteiger partial charge is 0.293 e. The van der Waals surface area contributed by atoms with Gasteiger partial charge in [-0.3, -0.25) is 9.98 Å². The van der Waals surface area contributed by atoms with Crippen molar-refractivity contribution in [2.45, 2.75) is 26.7 Å². The Hall–Kier alpha value is -2.22. The first kappa shape index (κ1) is 16.2. The van der Waals surface area contributed by atoms with E-state index in [-0.39, 0.29) is 0 Å². The van der Waals surface area contributed by atoms with Crippen molar-refractivity contribution in [3.05, 3.63) is 70.8 Å². The van der Waals surface area contributed by atoms with Gasteiger partial charge in [0.2, 0.25) is 0 Å². The Morgan fingerprint density at radius 1 is 0.636 bits per heavy atom. The van der Waals surface area contributed by atoms with Crippen LogP contribution in [0.4, 0.5) is 0 Å². The predicted octanol–water partition coefficient (Wildman–Crippen LogP) is 4.62. The zero-order valence-electron chi connectivity index (χ0n) is 13.5. The molecule has 0 bridgehead atoms. The number of hydrogen-bond acceptors (Lipinski definition) is 2. The van der Waals surface area contributed by atoms with Crippen LogP contribution >= 0.6 is 0 Å². The van der Waals surface area contributed by atoms with Crippen molar-refractivity contribution in [2.75, 3.05) is 13.1 Å². The molecule has 2 rings (SSSR count). The average molecular weight is 292 g/mol. The van der Waals surface area contributed by atoms with Crippen molar-refractivity contribution < 1.29 is 0 Å². The number of hydrogen-bond donors (Lipinski definition) is 0. The van der Waals surface area contributed by atoms with Gasteiger partial charge in [-0.2, -0.15) is 0 Å². The molecule has 0 aliphatic rings. The summed E-state index contributed by atoms with van der Waals surface area (Å²) in [7, 11) is 0. The first-order valence-corrected chi connectivity index (χ1v) is 7.87. The van der Waals surface area contributed by atoms with Gasteiger partial charge < -0.3 is 0 Å². The maximum absolute atomic E-state index is 4.46. The minimum Gasteiger partial charge on any atom is -0.293 e. The van der Waals surface area contributed by atoms with Crippen molar-refractivity contribution in [1.82, 2.24) is 0 Å². The Morgan fingerprint density at radius 2 is 1.00 bits per heavy atom. The summed E-state index contributed by atoms with van der Waals surface area (Å²) in [5, 5.41) is 0. The fraction of sp³-hybridized carbons (Fsp3) is 0.300. The molecule has 0 spiro atoms. The Morgan fingerprint density at radius 3 is 1.36 bits per heavy atom. The third-order valence-corrected chi connectivity index (χ3v) is 3.46. The molecule has 0 aromatic heterocycles. The average Bonchev–Trinajstić information content (AvgIpc) is 2.53. The smallest absolute Gasteiger partial charge is 0.0390 e. The number of aryl methyl sites for hydroxylation is 2. The van der Waals surface area contributed by atoms with Crippen LogP contribution in [0, 0.1) is 13.8 Å². The zero-order chi connectivity index (χ0) is 15.6. The molecule has 22 heavy (non-hydrogen) atoms. The predicted molar refractivity (Wildman–Crippen MR) is 96.5 cm³/mol. The van der Waals surface area contributed by atoms with Gasteiger partial charge in [0.25, 0.3) is 0 Å². The minimum atomic E-state index is 0.869. The molecule has 0 amide bonds. The molecule has 0 aliphatic heterocycles. The molecule has 2 aromatic carbocycles. The summed E-state index contributed by atoms with van der Waals surface area (Å²) in [5.41, 5.74) is 4.90. The number of unbranched alkanes of at least 4 members (excludes halogenated alkanes) is 1. The lowest BCUT2D eigenvalue weighted by molar-refractivity contribution is 0.760. The van der Waals surface area contributed by atoms with Crippen molar-refractivity contribution in [1.29, 1.82) is 0 Å². The number of rotatable bonds is 7. The summed E-state index contributed by atoms with van der Waals surface area (Å²) in [6, 6.07) is 16.9. The van der Waals surface area contributed by atoms with Gasteiger partial charge in [-0.1, -0.05) is 59.7 Å². The van der Waals surface area contributed by atoms with Crippen LogP contribution in [0.1, 0.15) is 35.1 Å². The molecule has 0 fully saturated rings. The molecule has 2 aromatic rings. The monoisotopic (exact) mass is 292 g/mol. The highest BCUT2D eigenvalue weighted by Crippen LogP contribution is 2.02. The quantitative estimate of drug-likeness (QED) is 0.525. The van der Waals surface area contributed by atoms with Gasteiger partial charge in [0.15, 0.2) is 0 Å². The lowest BCUT2D eigenvalue weighted by atomic mass is 10.2. The van der Waals surface area contributed by atoms with Crippen LogP contribution < -0.4 is 0 Å². The van der Waals surface area contributed by atoms with Crippen LogP contribution in [-0.4, -0.2) is 25.5 Å². The van der Waals surface area contributed by atoms with E-state index in [9.17, 15) is 0 Å². The minimum absolute atomic E-state index is 0.869. The van der Waals surface area contributed by atoms with Crippen LogP contribution in [0.25, 0.3) is 0 Å². The van der Waals surface area contributed by atoms with Gasteiger partial charge in [-0.15, -0.1) is 0 Å². The fourth-order valence-electron chi connectivity index (χ4n) is 2.05. The lowest BCUT2D eigenvalue weighted by Gasteiger charge is -1.96. The van der Waals surface area contributed by atoms with Gasteiger partial charge in [0.05, 0.1) is 0 Å². The molecule has 0 heterocycles. The number of nitrogens with zero attached hydrogens (tertiary/aromatic N) is 2. The summed E-state index contributed by atoms with van der Waals surface area (Å²) in [6.07, 6.45) is 6.06. The van der Waals surface area contributed by atoms with Crippen molar-refractivity contribution in [2.24, 2.45) is 9.98 Å². The standard InChI is InChI=1S/C20H24N2/c1-17-5-9-19(10-6-17)15-21-13-3-4-14-22-16-20-11-7-18(2)8-12-20/h5-12,15-16H,3-4,13-14H2,1-2H3. The molecule has 0 saturated carbocycles. The summed E-state index contributed by atoms with van der Waals surface area (Å²) in [4.78, 5) is 8.92. The topological polar surface area (TPSA) is 24.7 Å². The molecule has 0 unspecified atom stereocenters. The molecular formula is C20H24N2. The normalized spacial score (nSPS) is 11.5. The van der Waals surface area contributed by atoms with Crippen molar-refractivity contribution in [3.8, 4) is 0 Å². The summed E-state index contributed by atoms with van der Waals surface area (Å²) in [5.74, 6) is 0. The van der Waals surface area contributed by atoms with E-state index < -0.39 is 0 Å². The van der Waals surface area contributed by atoms with E-state index >= 15 is 0 Å². The van der Waals surface area contributed by atoms with E-state index in [0.717, 1.165) is 25.9 Å². The maximum atomic E-state index is 4.46. The second kappa shape index (κ2) is 8.93. The molecule has 114 valence electrons. The molecule has 0 radical (unpaired) electrons. The molecule has 2 nitrogen and oxygen atoms in total. The third-order valence-electron chi connectivity index (χ3n) is 3.46. The molecular weight excluding hydrogens is 268 g/mol. The molecule has 0 N–H and O–H groups in total. The summed E-state index contributed by atoms with van der Waals surface area (Å²) >= 11 is 0. The third kappa shape index (κ3) is 6.04. The van der Waals surface area contributed by atoms with E-state index in [1.54, 1.807) is 0 Å². The first-order valence-electron chi connectivity index (χ1n) is 7.87. The maximum Gasteiger partial charge on any atom is 0.0390 e. The van der Waals surface area contributed by atoms with Gasteiger partial charge in [-0.25, -0.2) is 0 Å². The SMILES string of the molecule is Cc1ccc(C=NCCCCN=Cc2ccc(C)cc2)cc1. The molecule has 0 atom stereocenters. The Labute approximate surface area is 133 Å². The van der Waals surface area contributed by atoms with Gasteiger partial charge >= 0.3 is 0 Å². The Kier molecular flexibility index (Phi) is 6.56. The van der Waals surface area contributed by atoms with Crippen LogP contribution in [0.15, 0.2) is 58.5 Å². The van der Waals surface area contributed by atoms with E-state index in [0.29, 0.717) is 0 Å². The second-order valence-corrected chi connectivity index (χ2v) is 5.60. The van der Waals surface area contributed by atoms with E-state index in [4.69, 9.17) is 0 Å². The van der Waals surface area contributed by atoms with Crippen LogP contribution in [0.2, 0.25) is 0 Å². The second-order valence-electron chi connectivity index (χ2n) is 5.60. The van der Waals surface area contributed by atoms with Gasteiger partial charge in [0, 0.05) is 25.5 Å². The number of aliphatic imine (C=N–C) groups is 2. The summed E-state index contributed by atoms with van der Waals surface area (Å²) in [6.45, 7) is 5.93. The van der Waals surface area contributed by atoms with Crippen LogP contribution in [0.5, 0.6) is 0 Å². The fourth-order valence-corrected chi connectivity index (χ4v) is 2.05. The highest BCUT2D eigenvalue weighted by molar-refractivity contribution is 5.80. The van der Waals surface area contributed by atoms with Crippen molar-refractivity contribution in [3.63, 3.8) is 0 Å². The van der Waals surface area contributed by atoms with E-state index in [1.165, 1.54) is 22.3 Å². The highest BCUT2D eigenvalue weighted by atomic mass is 14.7. The zero-order valence-corrected chi connectivity index (χ0v) is 13.5. The first-order chi connectivity index (χ1) is 10.7. The Bertz CT molecular complexity index is 550. The van der Waals surface area contributed by atoms with E-state index in [2.05, 4.69) is 72.4 Å². The van der Waals surface area contributed by atoms with Gasteiger partial charge in [0.1, 0.15) is 0 Å². The molecule has 2 heteroatoms. The van der Waals surface area contributed by atoms with Crippen molar-refractivity contribution >= 4 is 12.4 Å². The van der Waals surface area contributed by atoms with E-state index in [1.807, 2.05) is 12.4 Å². The Balaban J connectivity index is 1.61. The highest BCUT2D eigenvalue weighted by Gasteiger charge is 1.89. The number of benzene rings is 2. The molecule has 0 saturated heterocycles. The summed E-state index contributed by atoms with van der Waals surface area (Å²) < 4.78 is 0. The lowest BCUT2D eigenvalue weighted by Crippen LogP contribution is -1.89.